The number of hydrogen-bond donors (Lipinski definition) is 1. The van der Waals surface area contributed by atoms with Crippen molar-refractivity contribution < 1.29 is 14.3 Å². The van der Waals surface area contributed by atoms with Gasteiger partial charge in [-0.1, -0.05) is 16.8 Å². The first-order valence-electron chi connectivity index (χ1n) is 5.07. The molecule has 18 heavy (non-hydrogen) atoms. The molecule has 0 unspecified atom stereocenters. The molecule has 0 fully saturated rings. The number of aliphatic carboxylic acids is 1. The Balaban J connectivity index is 2.50. The van der Waals surface area contributed by atoms with Crippen LogP contribution in [0.5, 0.6) is 0 Å². The molecule has 0 aliphatic carbocycles. The van der Waals surface area contributed by atoms with Gasteiger partial charge in [-0.2, -0.15) is 0 Å². The zero-order valence-corrected chi connectivity index (χ0v) is 10.1. The molecule has 0 spiro atoms. The van der Waals surface area contributed by atoms with Crippen molar-refractivity contribution in [1.82, 2.24) is 15.0 Å². The average molecular weight is 270 g/mol. The molecule has 1 aromatic heterocycles. The van der Waals surface area contributed by atoms with E-state index in [9.17, 15) is 9.18 Å². The number of rotatable bonds is 3. The summed E-state index contributed by atoms with van der Waals surface area (Å²) in [5.41, 5.74) is 1.42. The van der Waals surface area contributed by atoms with Crippen LogP contribution in [-0.4, -0.2) is 26.1 Å². The molecule has 0 saturated heterocycles. The predicted molar refractivity (Wildman–Crippen MR) is 62.4 cm³/mol. The molecule has 0 aliphatic heterocycles. The van der Waals surface area contributed by atoms with Crippen LogP contribution in [0.25, 0.3) is 5.69 Å². The Labute approximate surface area is 107 Å². The summed E-state index contributed by atoms with van der Waals surface area (Å²) in [5.74, 6) is -1.54. The number of carboxylic acid groups (broad SMARTS) is 1. The number of nitrogens with zero attached hydrogens (tertiary/aromatic N) is 3. The Morgan fingerprint density at radius 2 is 2.28 bits per heavy atom. The van der Waals surface area contributed by atoms with Crippen LogP contribution in [0.15, 0.2) is 18.2 Å². The fourth-order valence-electron chi connectivity index (χ4n) is 1.55. The second-order valence-electron chi connectivity index (χ2n) is 3.70. The fraction of sp³-hybridized carbons (Fsp3) is 0.182. The molecule has 0 saturated carbocycles. The van der Waals surface area contributed by atoms with Crippen molar-refractivity contribution in [1.29, 1.82) is 0 Å². The van der Waals surface area contributed by atoms with Gasteiger partial charge in [0.05, 0.1) is 28.5 Å². The maximum Gasteiger partial charge on any atom is 0.309 e. The van der Waals surface area contributed by atoms with Gasteiger partial charge in [-0.05, 0) is 25.1 Å². The molecule has 5 nitrogen and oxygen atoms in total. The molecular formula is C11H9ClFN3O2. The van der Waals surface area contributed by atoms with Crippen molar-refractivity contribution in [2.75, 3.05) is 0 Å². The van der Waals surface area contributed by atoms with Crippen molar-refractivity contribution in [3.63, 3.8) is 0 Å². The highest BCUT2D eigenvalue weighted by Crippen LogP contribution is 2.20. The minimum absolute atomic E-state index is 0.0538. The molecule has 0 aliphatic rings. The van der Waals surface area contributed by atoms with Crippen molar-refractivity contribution in [3.8, 4) is 5.69 Å². The predicted octanol–water partition coefficient (Wildman–Crippen LogP) is 2.00. The van der Waals surface area contributed by atoms with E-state index < -0.39 is 11.8 Å². The van der Waals surface area contributed by atoms with E-state index in [1.165, 1.54) is 22.9 Å². The molecule has 0 atom stereocenters. The van der Waals surface area contributed by atoms with Crippen LogP contribution < -0.4 is 0 Å². The first-order chi connectivity index (χ1) is 8.49. The lowest BCUT2D eigenvalue weighted by Crippen LogP contribution is -2.09. The third kappa shape index (κ3) is 2.33. The summed E-state index contributed by atoms with van der Waals surface area (Å²) in [6, 6.07) is 4.02. The van der Waals surface area contributed by atoms with Crippen LogP contribution in [0.1, 0.15) is 11.4 Å². The van der Waals surface area contributed by atoms with E-state index in [-0.39, 0.29) is 11.4 Å². The molecule has 0 radical (unpaired) electrons. The van der Waals surface area contributed by atoms with Crippen molar-refractivity contribution in [3.05, 3.63) is 40.4 Å². The van der Waals surface area contributed by atoms with Gasteiger partial charge in [0.15, 0.2) is 0 Å². The van der Waals surface area contributed by atoms with Crippen LogP contribution in [0.2, 0.25) is 5.02 Å². The molecular weight excluding hydrogens is 261 g/mol. The standard InChI is InChI=1S/C11H9ClFN3O2/c1-6-10(5-11(17)18)16(15-14-6)7-2-3-9(13)8(12)4-7/h2-4H,5H2,1H3,(H,17,18). The number of benzene rings is 1. The zero-order chi connectivity index (χ0) is 13.3. The molecule has 2 aromatic rings. The van der Waals surface area contributed by atoms with E-state index in [0.717, 1.165) is 0 Å². The van der Waals surface area contributed by atoms with Gasteiger partial charge in [0.1, 0.15) is 5.82 Å². The van der Waals surface area contributed by atoms with E-state index in [4.69, 9.17) is 16.7 Å². The molecule has 2 rings (SSSR count). The minimum Gasteiger partial charge on any atom is -0.481 e. The highest BCUT2D eigenvalue weighted by atomic mass is 35.5. The molecule has 1 heterocycles. The number of aryl methyl sites for hydroxylation is 1. The van der Waals surface area contributed by atoms with Crippen molar-refractivity contribution in [2.45, 2.75) is 13.3 Å². The fourth-order valence-corrected chi connectivity index (χ4v) is 1.72. The Morgan fingerprint density at radius 1 is 1.56 bits per heavy atom. The highest BCUT2D eigenvalue weighted by molar-refractivity contribution is 6.30. The number of aromatic nitrogens is 3. The lowest BCUT2D eigenvalue weighted by atomic mass is 10.2. The number of hydrogen-bond acceptors (Lipinski definition) is 3. The third-order valence-corrected chi connectivity index (χ3v) is 2.71. The van der Waals surface area contributed by atoms with E-state index in [0.29, 0.717) is 17.1 Å². The van der Waals surface area contributed by atoms with Gasteiger partial charge < -0.3 is 5.11 Å². The van der Waals surface area contributed by atoms with E-state index in [1.807, 2.05) is 0 Å². The van der Waals surface area contributed by atoms with E-state index in [2.05, 4.69) is 10.3 Å². The second kappa shape index (κ2) is 4.73. The molecule has 0 bridgehead atoms. The van der Waals surface area contributed by atoms with E-state index in [1.54, 1.807) is 6.92 Å². The van der Waals surface area contributed by atoms with Gasteiger partial charge in [-0.25, -0.2) is 9.07 Å². The molecule has 1 N–H and O–H groups in total. The Morgan fingerprint density at radius 3 is 2.89 bits per heavy atom. The summed E-state index contributed by atoms with van der Waals surface area (Å²) >= 11 is 5.68. The monoisotopic (exact) mass is 269 g/mol. The third-order valence-electron chi connectivity index (χ3n) is 2.42. The smallest absolute Gasteiger partial charge is 0.309 e. The average Bonchev–Trinajstić information content (AvgIpc) is 2.64. The summed E-state index contributed by atoms with van der Waals surface area (Å²) < 4.78 is 14.4. The second-order valence-corrected chi connectivity index (χ2v) is 4.11. The molecule has 1 aromatic carbocycles. The summed E-state index contributed by atoms with van der Waals surface area (Å²) in [4.78, 5) is 10.8. The van der Waals surface area contributed by atoms with Crippen LogP contribution in [0, 0.1) is 12.7 Å². The summed E-state index contributed by atoms with van der Waals surface area (Å²) in [7, 11) is 0. The van der Waals surface area contributed by atoms with Crippen LogP contribution >= 0.6 is 11.6 Å². The number of carbonyl (C=O) groups is 1. The van der Waals surface area contributed by atoms with Gasteiger partial charge in [-0.15, -0.1) is 5.10 Å². The normalized spacial score (nSPS) is 10.6. The Hall–Kier alpha value is -1.95. The van der Waals surface area contributed by atoms with Gasteiger partial charge in [-0.3, -0.25) is 4.79 Å². The van der Waals surface area contributed by atoms with Gasteiger partial charge in [0.2, 0.25) is 0 Å². The van der Waals surface area contributed by atoms with E-state index >= 15 is 0 Å². The first kappa shape index (κ1) is 12.5. The highest BCUT2D eigenvalue weighted by Gasteiger charge is 2.15. The lowest BCUT2D eigenvalue weighted by molar-refractivity contribution is -0.136. The Bertz CT molecular complexity index is 612. The largest absolute Gasteiger partial charge is 0.481 e. The SMILES string of the molecule is Cc1nnn(-c2ccc(F)c(Cl)c2)c1CC(=O)O. The van der Waals surface area contributed by atoms with Gasteiger partial charge >= 0.3 is 5.97 Å². The lowest BCUT2D eigenvalue weighted by Gasteiger charge is -2.06. The Kier molecular flexibility index (Phi) is 3.29. The molecule has 0 amide bonds. The van der Waals surface area contributed by atoms with Gasteiger partial charge in [0, 0.05) is 0 Å². The quantitative estimate of drug-likeness (QED) is 0.925. The zero-order valence-electron chi connectivity index (χ0n) is 9.39. The van der Waals surface area contributed by atoms with Crippen molar-refractivity contribution in [2.24, 2.45) is 0 Å². The minimum atomic E-state index is -0.991. The van der Waals surface area contributed by atoms with Crippen LogP contribution in [0.3, 0.4) is 0 Å². The number of halogens is 2. The molecule has 94 valence electrons. The van der Waals surface area contributed by atoms with Crippen LogP contribution in [0.4, 0.5) is 4.39 Å². The summed E-state index contributed by atoms with van der Waals surface area (Å²) in [5, 5.41) is 16.4. The summed E-state index contributed by atoms with van der Waals surface area (Å²) in [6.45, 7) is 1.66. The summed E-state index contributed by atoms with van der Waals surface area (Å²) in [6.07, 6.45) is -0.214. The van der Waals surface area contributed by atoms with Gasteiger partial charge in [0.25, 0.3) is 0 Å². The molecule has 7 heteroatoms. The maximum absolute atomic E-state index is 13.1. The van der Waals surface area contributed by atoms with Crippen molar-refractivity contribution >= 4 is 17.6 Å². The van der Waals surface area contributed by atoms with Crippen LogP contribution in [-0.2, 0) is 11.2 Å². The first-order valence-corrected chi connectivity index (χ1v) is 5.45. The maximum atomic E-state index is 13.1. The number of carboxylic acids is 1. The topological polar surface area (TPSA) is 68.0 Å².